The third-order valence-corrected chi connectivity index (χ3v) is 5.24. The summed E-state index contributed by atoms with van der Waals surface area (Å²) in [5.41, 5.74) is 1.43. The number of benzene rings is 1. The molecule has 2 heterocycles. The molecular weight excluding hydrogens is 316 g/mol. The van der Waals surface area contributed by atoms with Crippen molar-refractivity contribution in [3.05, 3.63) is 40.9 Å². The highest BCUT2D eigenvalue weighted by Gasteiger charge is 2.60. The van der Waals surface area contributed by atoms with E-state index in [1.807, 2.05) is 25.3 Å². The number of carbonyl (C=O) groups is 1. The minimum atomic E-state index is -0.392. The molecule has 0 radical (unpaired) electrons. The van der Waals surface area contributed by atoms with Crippen molar-refractivity contribution in [2.24, 2.45) is 10.4 Å². The summed E-state index contributed by atoms with van der Waals surface area (Å²) in [7, 11) is 1.81. The number of likely N-dealkylation sites (N-methyl/N-ethyl adjacent to an activating group) is 1. The van der Waals surface area contributed by atoms with Crippen LogP contribution >= 0.6 is 15.9 Å². The Morgan fingerprint density at radius 3 is 2.85 bits per heavy atom. The monoisotopic (exact) mass is 332 g/mol. The van der Waals surface area contributed by atoms with Crippen LogP contribution in [-0.2, 0) is 10.2 Å². The number of likely N-dealkylation sites (tertiary alicyclic amines) is 1. The predicted octanol–water partition coefficient (Wildman–Crippen LogP) is 3.80. The molecule has 1 saturated heterocycles. The molecular formula is C16H17BrN2O. The molecule has 1 fully saturated rings. The molecule has 3 nitrogen and oxygen atoms in total. The van der Waals surface area contributed by atoms with E-state index in [2.05, 4.69) is 42.4 Å². The number of aliphatic imine (C=N–C) groups is 1. The predicted molar refractivity (Wildman–Crippen MR) is 84.3 cm³/mol. The molecule has 0 spiro atoms. The Morgan fingerprint density at radius 2 is 2.20 bits per heavy atom. The number of rotatable bonds is 2. The van der Waals surface area contributed by atoms with Crippen LogP contribution in [0.3, 0.4) is 0 Å². The third-order valence-electron chi connectivity index (χ3n) is 4.75. The van der Waals surface area contributed by atoms with E-state index >= 15 is 0 Å². The Kier molecular flexibility index (Phi) is 2.74. The molecule has 2 aliphatic heterocycles. The largest absolute Gasteiger partial charge is 0.303 e. The molecule has 1 unspecified atom stereocenters. The first kappa shape index (κ1) is 13.6. The molecule has 0 bridgehead atoms. The van der Waals surface area contributed by atoms with Crippen molar-refractivity contribution in [1.29, 1.82) is 0 Å². The lowest BCUT2D eigenvalue weighted by atomic mass is 9.61. The fourth-order valence-corrected chi connectivity index (χ4v) is 3.67. The van der Waals surface area contributed by atoms with E-state index in [9.17, 15) is 4.79 Å². The van der Waals surface area contributed by atoms with Gasteiger partial charge >= 0.3 is 0 Å². The van der Waals surface area contributed by atoms with E-state index in [4.69, 9.17) is 4.99 Å². The minimum Gasteiger partial charge on any atom is -0.303 e. The van der Waals surface area contributed by atoms with Crippen molar-refractivity contribution < 1.29 is 4.79 Å². The van der Waals surface area contributed by atoms with Crippen LogP contribution in [0.4, 0.5) is 5.69 Å². The molecule has 0 N–H and O–H groups in total. The SMILES string of the molecule is C=CC(C)(C)C12CC(=O)N(C)C1=Nc1cc(Br)ccc12. The normalized spacial score (nSPS) is 24.5. The number of amidine groups is 1. The summed E-state index contributed by atoms with van der Waals surface area (Å²) in [6.45, 7) is 8.23. The highest BCUT2D eigenvalue weighted by Crippen LogP contribution is 2.57. The summed E-state index contributed by atoms with van der Waals surface area (Å²) in [4.78, 5) is 18.7. The van der Waals surface area contributed by atoms with Gasteiger partial charge in [-0.3, -0.25) is 4.79 Å². The van der Waals surface area contributed by atoms with Gasteiger partial charge < -0.3 is 4.90 Å². The van der Waals surface area contributed by atoms with Gasteiger partial charge in [0.1, 0.15) is 5.84 Å². The van der Waals surface area contributed by atoms with E-state index in [-0.39, 0.29) is 11.3 Å². The van der Waals surface area contributed by atoms with E-state index in [0.717, 1.165) is 21.6 Å². The number of halogens is 1. The summed E-state index contributed by atoms with van der Waals surface area (Å²) < 4.78 is 1.00. The fraction of sp³-hybridized carbons (Fsp3) is 0.375. The summed E-state index contributed by atoms with van der Waals surface area (Å²) in [6, 6.07) is 6.11. The lowest BCUT2D eigenvalue weighted by Gasteiger charge is -2.39. The van der Waals surface area contributed by atoms with Crippen LogP contribution in [0.15, 0.2) is 40.3 Å². The van der Waals surface area contributed by atoms with Gasteiger partial charge in [0.15, 0.2) is 0 Å². The molecule has 1 amide bonds. The van der Waals surface area contributed by atoms with Gasteiger partial charge in [-0.2, -0.15) is 0 Å². The molecule has 1 aromatic carbocycles. The summed E-state index contributed by atoms with van der Waals surface area (Å²) >= 11 is 3.49. The van der Waals surface area contributed by atoms with Crippen LogP contribution in [0, 0.1) is 5.41 Å². The van der Waals surface area contributed by atoms with Crippen molar-refractivity contribution in [1.82, 2.24) is 4.90 Å². The van der Waals surface area contributed by atoms with Crippen LogP contribution < -0.4 is 0 Å². The topological polar surface area (TPSA) is 32.7 Å². The Hall–Kier alpha value is -1.42. The Labute approximate surface area is 127 Å². The number of carbonyl (C=O) groups excluding carboxylic acids is 1. The summed E-state index contributed by atoms with van der Waals surface area (Å²) in [6.07, 6.45) is 2.39. The first-order valence-electron chi connectivity index (χ1n) is 6.63. The van der Waals surface area contributed by atoms with E-state index in [1.165, 1.54) is 0 Å². The van der Waals surface area contributed by atoms with Gasteiger partial charge in [-0.1, -0.05) is 41.9 Å². The van der Waals surface area contributed by atoms with Crippen LogP contribution in [0.5, 0.6) is 0 Å². The maximum atomic E-state index is 12.2. The molecule has 1 atom stereocenters. The van der Waals surface area contributed by atoms with Crippen LogP contribution in [0.25, 0.3) is 0 Å². The standard InChI is InChI=1S/C16H17BrN2O/c1-5-15(2,3)16-9-13(20)19(4)14(16)18-12-8-10(17)6-7-11(12)16/h5-8H,1,9H2,2-4H3. The smallest absolute Gasteiger partial charge is 0.229 e. The molecule has 2 aliphatic rings. The molecule has 0 saturated carbocycles. The Balaban J connectivity index is 2.32. The van der Waals surface area contributed by atoms with Gasteiger partial charge in [0.05, 0.1) is 11.1 Å². The molecule has 20 heavy (non-hydrogen) atoms. The number of fused-ring (bicyclic) bond motifs is 3. The van der Waals surface area contributed by atoms with Gasteiger partial charge in [0, 0.05) is 17.9 Å². The maximum Gasteiger partial charge on any atom is 0.229 e. The lowest BCUT2D eigenvalue weighted by molar-refractivity contribution is -0.125. The van der Waals surface area contributed by atoms with E-state index in [1.54, 1.807) is 4.90 Å². The average Bonchev–Trinajstić information content (AvgIpc) is 2.84. The van der Waals surface area contributed by atoms with Gasteiger partial charge in [0.2, 0.25) is 5.91 Å². The van der Waals surface area contributed by atoms with Crippen molar-refractivity contribution in [2.75, 3.05) is 7.05 Å². The molecule has 4 heteroatoms. The molecule has 104 valence electrons. The number of amides is 1. The highest BCUT2D eigenvalue weighted by atomic mass is 79.9. The molecule has 3 rings (SSSR count). The van der Waals surface area contributed by atoms with Gasteiger partial charge in [-0.05, 0) is 23.1 Å². The summed E-state index contributed by atoms with van der Waals surface area (Å²) in [5.74, 6) is 0.966. The quantitative estimate of drug-likeness (QED) is 0.758. The average molecular weight is 333 g/mol. The minimum absolute atomic E-state index is 0.118. The zero-order valence-corrected chi connectivity index (χ0v) is 13.5. The third kappa shape index (κ3) is 1.46. The van der Waals surface area contributed by atoms with Crippen molar-refractivity contribution in [3.8, 4) is 0 Å². The number of allylic oxidation sites excluding steroid dienone is 1. The van der Waals surface area contributed by atoms with E-state index < -0.39 is 5.41 Å². The Morgan fingerprint density at radius 1 is 1.50 bits per heavy atom. The first-order valence-corrected chi connectivity index (χ1v) is 7.42. The van der Waals surface area contributed by atoms with Crippen LogP contribution in [-0.4, -0.2) is 23.7 Å². The zero-order chi connectivity index (χ0) is 14.7. The van der Waals surface area contributed by atoms with Crippen molar-refractivity contribution >= 4 is 33.4 Å². The molecule has 0 aromatic heterocycles. The van der Waals surface area contributed by atoms with E-state index in [0.29, 0.717) is 6.42 Å². The molecule has 0 aliphatic carbocycles. The summed E-state index contributed by atoms with van der Waals surface area (Å²) in [5, 5.41) is 0. The highest BCUT2D eigenvalue weighted by molar-refractivity contribution is 9.10. The lowest BCUT2D eigenvalue weighted by Crippen LogP contribution is -2.45. The van der Waals surface area contributed by atoms with Gasteiger partial charge in [-0.15, -0.1) is 6.58 Å². The second-order valence-electron chi connectivity index (χ2n) is 6.06. The number of nitrogens with zero attached hydrogens (tertiary/aromatic N) is 2. The second kappa shape index (κ2) is 4.04. The Bertz CT molecular complexity index is 662. The van der Waals surface area contributed by atoms with Crippen molar-refractivity contribution in [3.63, 3.8) is 0 Å². The molecule has 1 aromatic rings. The van der Waals surface area contributed by atoms with Gasteiger partial charge in [0.25, 0.3) is 0 Å². The first-order chi connectivity index (χ1) is 9.33. The number of hydrogen-bond acceptors (Lipinski definition) is 2. The second-order valence-corrected chi connectivity index (χ2v) is 6.97. The van der Waals surface area contributed by atoms with Crippen molar-refractivity contribution in [2.45, 2.75) is 25.7 Å². The number of hydrogen-bond donors (Lipinski definition) is 0. The van der Waals surface area contributed by atoms with Gasteiger partial charge in [-0.25, -0.2) is 4.99 Å². The van der Waals surface area contributed by atoms with Crippen LogP contribution in [0.2, 0.25) is 0 Å². The zero-order valence-electron chi connectivity index (χ0n) is 11.9. The van der Waals surface area contributed by atoms with Crippen LogP contribution in [0.1, 0.15) is 25.8 Å². The fourth-order valence-electron chi connectivity index (χ4n) is 3.32. The maximum absolute atomic E-state index is 12.2.